The molecule has 0 fully saturated rings. The Kier molecular flexibility index (Phi) is 3.34. The van der Waals surface area contributed by atoms with Gasteiger partial charge >= 0.3 is 0 Å². The first-order valence-corrected chi connectivity index (χ1v) is 6.92. The third-order valence-electron chi connectivity index (χ3n) is 3.42. The fraction of sp³-hybridized carbons (Fsp3) is 0.250. The summed E-state index contributed by atoms with van der Waals surface area (Å²) in [5, 5.41) is 4.34. The molecule has 1 unspecified atom stereocenters. The largest absolute Gasteiger partial charge is 0.494 e. The molecule has 2 nitrogen and oxygen atoms in total. The lowest BCUT2D eigenvalue weighted by molar-refractivity contribution is 0.340. The molecule has 0 aromatic heterocycles. The van der Waals surface area contributed by atoms with Gasteiger partial charge in [0.2, 0.25) is 0 Å². The molecule has 0 spiro atoms. The molecule has 98 valence electrons. The summed E-state index contributed by atoms with van der Waals surface area (Å²) in [6, 6.07) is 14.5. The molecule has 2 aromatic rings. The van der Waals surface area contributed by atoms with Crippen molar-refractivity contribution in [1.29, 1.82) is 0 Å². The molecule has 3 rings (SSSR count). The summed E-state index contributed by atoms with van der Waals surface area (Å²) in [6.07, 6.45) is 0.944. The molecule has 1 aliphatic heterocycles. The van der Waals surface area contributed by atoms with Crippen LogP contribution >= 0.6 is 11.6 Å². The topological polar surface area (TPSA) is 21.3 Å². The van der Waals surface area contributed by atoms with Gasteiger partial charge in [-0.15, -0.1) is 0 Å². The Hall–Kier alpha value is -1.67. The first kappa shape index (κ1) is 12.4. The van der Waals surface area contributed by atoms with Gasteiger partial charge in [0.15, 0.2) is 0 Å². The highest BCUT2D eigenvalue weighted by atomic mass is 35.5. The van der Waals surface area contributed by atoms with E-state index in [0.29, 0.717) is 6.61 Å². The van der Waals surface area contributed by atoms with E-state index in [2.05, 4.69) is 23.5 Å². The molecule has 1 heterocycles. The molecule has 3 heteroatoms. The van der Waals surface area contributed by atoms with E-state index < -0.39 is 0 Å². The van der Waals surface area contributed by atoms with Crippen LogP contribution in [0.15, 0.2) is 42.5 Å². The first-order chi connectivity index (χ1) is 9.28. The Balaban J connectivity index is 1.86. The zero-order valence-corrected chi connectivity index (χ0v) is 11.6. The number of ether oxygens (including phenoxy) is 1. The summed E-state index contributed by atoms with van der Waals surface area (Å²) < 4.78 is 5.54. The molecule has 19 heavy (non-hydrogen) atoms. The minimum Gasteiger partial charge on any atom is -0.494 e. The van der Waals surface area contributed by atoms with Crippen LogP contribution in [-0.4, -0.2) is 6.61 Å². The standard InChI is InChI=1S/C16H16ClNO/c1-2-19-12-7-8-15-11(9-12)10-16(18-15)13-5-3-4-6-14(13)17/h3-9,16,18H,2,10H2,1H3. The average molecular weight is 274 g/mol. The number of rotatable bonds is 3. The molecular weight excluding hydrogens is 258 g/mol. The molecule has 0 aliphatic carbocycles. The highest BCUT2D eigenvalue weighted by molar-refractivity contribution is 6.31. The van der Waals surface area contributed by atoms with Crippen molar-refractivity contribution in [3.05, 3.63) is 58.6 Å². The summed E-state index contributed by atoms with van der Waals surface area (Å²) in [5.74, 6) is 0.933. The van der Waals surface area contributed by atoms with Gasteiger partial charge in [0, 0.05) is 10.7 Å². The van der Waals surface area contributed by atoms with Crippen LogP contribution in [0.2, 0.25) is 5.02 Å². The van der Waals surface area contributed by atoms with Crippen molar-refractivity contribution >= 4 is 17.3 Å². The van der Waals surface area contributed by atoms with E-state index in [4.69, 9.17) is 16.3 Å². The van der Waals surface area contributed by atoms with E-state index >= 15 is 0 Å². The monoisotopic (exact) mass is 273 g/mol. The van der Waals surface area contributed by atoms with Crippen molar-refractivity contribution in [2.45, 2.75) is 19.4 Å². The van der Waals surface area contributed by atoms with Gasteiger partial charge in [-0.2, -0.15) is 0 Å². The highest BCUT2D eigenvalue weighted by Crippen LogP contribution is 2.38. The second kappa shape index (κ2) is 5.14. The zero-order valence-electron chi connectivity index (χ0n) is 10.8. The number of hydrogen-bond donors (Lipinski definition) is 1. The maximum atomic E-state index is 6.26. The lowest BCUT2D eigenvalue weighted by Crippen LogP contribution is -2.05. The third-order valence-corrected chi connectivity index (χ3v) is 3.77. The predicted octanol–water partition coefficient (Wildman–Crippen LogP) is 4.45. The van der Waals surface area contributed by atoms with Gasteiger partial charge < -0.3 is 10.1 Å². The normalized spacial score (nSPS) is 16.8. The fourth-order valence-corrected chi connectivity index (χ4v) is 2.81. The zero-order chi connectivity index (χ0) is 13.2. The highest BCUT2D eigenvalue weighted by Gasteiger charge is 2.23. The van der Waals surface area contributed by atoms with Crippen LogP contribution in [0.3, 0.4) is 0 Å². The molecule has 1 N–H and O–H groups in total. The van der Waals surface area contributed by atoms with E-state index in [-0.39, 0.29) is 6.04 Å². The number of anilines is 1. The summed E-state index contributed by atoms with van der Waals surface area (Å²) in [6.45, 7) is 2.69. The summed E-state index contributed by atoms with van der Waals surface area (Å²) >= 11 is 6.26. The predicted molar refractivity (Wildman–Crippen MR) is 79.1 cm³/mol. The maximum absolute atomic E-state index is 6.26. The fourth-order valence-electron chi connectivity index (χ4n) is 2.54. The summed E-state index contributed by atoms with van der Waals surface area (Å²) in [7, 11) is 0. The van der Waals surface area contributed by atoms with Crippen molar-refractivity contribution < 1.29 is 4.74 Å². The van der Waals surface area contributed by atoms with E-state index in [1.54, 1.807) is 0 Å². The number of halogens is 1. The van der Waals surface area contributed by atoms with Crippen LogP contribution in [0.5, 0.6) is 5.75 Å². The van der Waals surface area contributed by atoms with Gasteiger partial charge in [0.1, 0.15) is 5.75 Å². The van der Waals surface area contributed by atoms with Crippen molar-refractivity contribution in [2.24, 2.45) is 0 Å². The number of nitrogens with one attached hydrogen (secondary N) is 1. The lowest BCUT2D eigenvalue weighted by atomic mass is 10.0. The van der Waals surface area contributed by atoms with Crippen LogP contribution in [0.25, 0.3) is 0 Å². The van der Waals surface area contributed by atoms with Crippen LogP contribution in [0, 0.1) is 0 Å². The second-order valence-electron chi connectivity index (χ2n) is 4.67. The molecule has 0 saturated carbocycles. The number of hydrogen-bond acceptors (Lipinski definition) is 2. The molecule has 0 amide bonds. The number of fused-ring (bicyclic) bond motifs is 1. The van der Waals surface area contributed by atoms with Gasteiger partial charge in [-0.25, -0.2) is 0 Å². The van der Waals surface area contributed by atoms with Gasteiger partial charge in [0.05, 0.1) is 12.6 Å². The minimum atomic E-state index is 0.251. The van der Waals surface area contributed by atoms with Crippen LogP contribution in [-0.2, 0) is 6.42 Å². The smallest absolute Gasteiger partial charge is 0.119 e. The lowest BCUT2D eigenvalue weighted by Gasteiger charge is -2.13. The molecule has 0 bridgehead atoms. The first-order valence-electron chi connectivity index (χ1n) is 6.54. The molecule has 1 aliphatic rings. The van der Waals surface area contributed by atoms with Crippen LogP contribution in [0.4, 0.5) is 5.69 Å². The Morgan fingerprint density at radius 3 is 2.89 bits per heavy atom. The van der Waals surface area contributed by atoms with Crippen molar-refractivity contribution in [3.63, 3.8) is 0 Å². The average Bonchev–Trinajstić information content (AvgIpc) is 2.82. The van der Waals surface area contributed by atoms with E-state index in [1.807, 2.05) is 31.2 Å². The van der Waals surface area contributed by atoms with Crippen molar-refractivity contribution in [1.82, 2.24) is 0 Å². The Bertz CT molecular complexity index is 597. The van der Waals surface area contributed by atoms with Crippen LogP contribution in [0.1, 0.15) is 24.1 Å². The molecule has 0 radical (unpaired) electrons. The molecule has 2 aromatic carbocycles. The quantitative estimate of drug-likeness (QED) is 0.892. The SMILES string of the molecule is CCOc1ccc2c(c1)CC(c1ccccc1Cl)N2. The Morgan fingerprint density at radius 1 is 1.26 bits per heavy atom. The third kappa shape index (κ3) is 2.41. The van der Waals surface area contributed by atoms with Gasteiger partial charge in [-0.3, -0.25) is 0 Å². The van der Waals surface area contributed by atoms with Gasteiger partial charge in [-0.1, -0.05) is 29.8 Å². The summed E-state index contributed by atoms with van der Waals surface area (Å²) in [5.41, 5.74) is 3.61. The van der Waals surface area contributed by atoms with Gasteiger partial charge in [-0.05, 0) is 48.7 Å². The van der Waals surface area contributed by atoms with E-state index in [0.717, 1.165) is 22.8 Å². The van der Waals surface area contributed by atoms with E-state index in [9.17, 15) is 0 Å². The molecule has 1 atom stereocenters. The van der Waals surface area contributed by atoms with Crippen LogP contribution < -0.4 is 10.1 Å². The summed E-state index contributed by atoms with van der Waals surface area (Å²) in [4.78, 5) is 0. The molecule has 0 saturated heterocycles. The van der Waals surface area contributed by atoms with Crippen molar-refractivity contribution in [2.75, 3.05) is 11.9 Å². The Labute approximate surface area is 118 Å². The number of benzene rings is 2. The minimum absolute atomic E-state index is 0.251. The maximum Gasteiger partial charge on any atom is 0.119 e. The Morgan fingerprint density at radius 2 is 2.11 bits per heavy atom. The van der Waals surface area contributed by atoms with E-state index in [1.165, 1.54) is 11.3 Å². The van der Waals surface area contributed by atoms with Gasteiger partial charge in [0.25, 0.3) is 0 Å². The second-order valence-corrected chi connectivity index (χ2v) is 5.08. The van der Waals surface area contributed by atoms with Crippen molar-refractivity contribution in [3.8, 4) is 5.75 Å². The molecular formula is C16H16ClNO.